The average molecular weight is 568 g/mol. The molecule has 8 unspecified atom stereocenters. The summed E-state index contributed by atoms with van der Waals surface area (Å²) in [6.45, 7) is 2.75. The van der Waals surface area contributed by atoms with Crippen LogP contribution in [-0.4, -0.2) is 17.7 Å². The van der Waals surface area contributed by atoms with Crippen molar-refractivity contribution in [3.63, 3.8) is 0 Å². The first-order chi connectivity index (χ1) is 12.2. The maximum absolute atomic E-state index is 2.96. The van der Waals surface area contributed by atoms with Crippen LogP contribution in [0.4, 0.5) is 0 Å². The van der Waals surface area contributed by atoms with E-state index in [9.17, 15) is 0 Å². The quantitative estimate of drug-likeness (QED) is 0.214. The van der Waals surface area contributed by atoms with Crippen LogP contribution < -0.4 is 0 Å². The van der Waals surface area contributed by atoms with Crippen molar-refractivity contribution >= 4 is 42.4 Å². The fourth-order valence-corrected chi connectivity index (χ4v) is 14.7. The molecule has 144 valence electrons. The molecule has 0 amide bonds. The molecule has 1 heterocycles. The van der Waals surface area contributed by atoms with Crippen LogP contribution in [0.25, 0.3) is 0 Å². The molecule has 2 heteroatoms. The van der Waals surface area contributed by atoms with Crippen molar-refractivity contribution in [2.24, 2.45) is 46.8 Å². The molecule has 1 saturated heterocycles. The Balaban J connectivity index is 1.60. The van der Waals surface area contributed by atoms with Crippen molar-refractivity contribution in [1.29, 1.82) is 0 Å². The summed E-state index contributed by atoms with van der Waals surface area (Å²) in [5, 5.41) is 0. The minimum absolute atomic E-state index is 0.560. The minimum atomic E-state index is -0.560. The zero-order chi connectivity index (χ0) is 17.2. The van der Waals surface area contributed by atoms with Gasteiger partial charge < -0.3 is 0 Å². The van der Waals surface area contributed by atoms with Gasteiger partial charge in [0.2, 0.25) is 0 Å². The normalized spacial score (nSPS) is 57.0. The maximum atomic E-state index is 2.96. The van der Waals surface area contributed by atoms with Crippen LogP contribution in [0, 0.1) is 46.8 Å². The SMILES string of the molecule is CC1C(I)C2CCI(C)CCC2C12C1CCCCC1C1CCCCC12. The predicted molar refractivity (Wildman–Crippen MR) is 126 cm³/mol. The summed E-state index contributed by atoms with van der Waals surface area (Å²) in [4.78, 5) is 2.70. The summed E-state index contributed by atoms with van der Waals surface area (Å²) in [6, 6.07) is 0. The molecular weight excluding hydrogens is 530 g/mol. The van der Waals surface area contributed by atoms with Gasteiger partial charge in [-0.1, -0.05) is 0 Å². The first-order valence-corrected chi connectivity index (χ1v) is 17.8. The van der Waals surface area contributed by atoms with E-state index < -0.39 is 19.8 Å². The standard InChI is InChI=1S/C23H38I2/c1-15-22(24)18-11-13-25(2)14-12-21(18)23(15)19-9-5-3-7-16(19)17-8-4-6-10-20(17)23/h15-22H,3-14H2,1-2H3. The summed E-state index contributed by atoms with van der Waals surface area (Å²) < 4.78 is 4.36. The summed E-state index contributed by atoms with van der Waals surface area (Å²) in [6.07, 6.45) is 16.0. The van der Waals surface area contributed by atoms with Crippen LogP contribution in [0.15, 0.2) is 0 Å². The molecule has 8 atom stereocenters. The van der Waals surface area contributed by atoms with Gasteiger partial charge in [-0.05, 0) is 0 Å². The molecular formula is C23H38I2. The first-order valence-electron chi connectivity index (χ1n) is 11.3. The number of rotatable bonds is 0. The molecule has 0 bridgehead atoms. The molecule has 5 aliphatic rings. The van der Waals surface area contributed by atoms with E-state index in [4.69, 9.17) is 0 Å². The van der Waals surface area contributed by atoms with Gasteiger partial charge in [-0.3, -0.25) is 0 Å². The molecule has 0 N–H and O–H groups in total. The van der Waals surface area contributed by atoms with Crippen molar-refractivity contribution in [3.05, 3.63) is 0 Å². The Morgan fingerprint density at radius 1 is 0.720 bits per heavy atom. The predicted octanol–water partition coefficient (Wildman–Crippen LogP) is 7.21. The fraction of sp³-hybridized carbons (Fsp3) is 1.00. The summed E-state index contributed by atoms with van der Waals surface area (Å²) in [7, 11) is 0. The van der Waals surface area contributed by atoms with E-state index in [1.807, 2.05) is 0 Å². The van der Waals surface area contributed by atoms with Gasteiger partial charge in [0, 0.05) is 0 Å². The van der Waals surface area contributed by atoms with Crippen molar-refractivity contribution in [2.45, 2.75) is 75.1 Å². The van der Waals surface area contributed by atoms with Crippen LogP contribution in [0.5, 0.6) is 0 Å². The molecule has 0 aromatic heterocycles. The zero-order valence-electron chi connectivity index (χ0n) is 16.4. The molecule has 0 radical (unpaired) electrons. The van der Waals surface area contributed by atoms with Gasteiger partial charge in [0.25, 0.3) is 0 Å². The van der Waals surface area contributed by atoms with Crippen LogP contribution in [-0.2, 0) is 0 Å². The van der Waals surface area contributed by atoms with Crippen molar-refractivity contribution < 1.29 is 0 Å². The van der Waals surface area contributed by atoms with E-state index in [0.29, 0.717) is 0 Å². The second kappa shape index (κ2) is 7.06. The summed E-state index contributed by atoms with van der Waals surface area (Å²) in [5.41, 5.74) is 0.786. The van der Waals surface area contributed by atoms with Gasteiger partial charge in [0.05, 0.1) is 0 Å². The van der Waals surface area contributed by atoms with E-state index in [1.54, 1.807) is 73.1 Å². The Kier molecular flexibility index (Phi) is 5.22. The average Bonchev–Trinajstić information content (AvgIpc) is 2.94. The molecule has 4 aliphatic carbocycles. The third kappa shape index (κ3) is 2.60. The number of alkyl halides is 4. The molecule has 5 rings (SSSR count). The molecule has 5 fully saturated rings. The molecule has 1 spiro atoms. The van der Waals surface area contributed by atoms with Crippen LogP contribution in [0.1, 0.15) is 71.1 Å². The van der Waals surface area contributed by atoms with Crippen LogP contribution in [0.2, 0.25) is 0 Å². The molecule has 25 heavy (non-hydrogen) atoms. The Morgan fingerprint density at radius 2 is 1.24 bits per heavy atom. The molecule has 0 aromatic rings. The van der Waals surface area contributed by atoms with Gasteiger partial charge in [-0.25, -0.2) is 0 Å². The third-order valence-electron chi connectivity index (χ3n) is 9.82. The van der Waals surface area contributed by atoms with E-state index in [1.165, 1.54) is 0 Å². The number of hydrogen-bond donors (Lipinski definition) is 0. The molecule has 0 aromatic carbocycles. The van der Waals surface area contributed by atoms with Gasteiger partial charge in [0.1, 0.15) is 0 Å². The van der Waals surface area contributed by atoms with Crippen molar-refractivity contribution in [1.82, 2.24) is 0 Å². The van der Waals surface area contributed by atoms with Gasteiger partial charge in [-0.2, -0.15) is 0 Å². The van der Waals surface area contributed by atoms with Gasteiger partial charge >= 0.3 is 178 Å². The third-order valence-corrected chi connectivity index (χ3v) is 16.7. The molecule has 4 saturated carbocycles. The topological polar surface area (TPSA) is 0 Å². The molecule has 0 nitrogen and oxygen atoms in total. The second-order valence-electron chi connectivity index (χ2n) is 10.3. The van der Waals surface area contributed by atoms with E-state index in [-0.39, 0.29) is 0 Å². The summed E-state index contributed by atoms with van der Waals surface area (Å²) >= 11 is 2.40. The van der Waals surface area contributed by atoms with Crippen LogP contribution >= 0.6 is 42.4 Å². The van der Waals surface area contributed by atoms with Crippen LogP contribution in [0.3, 0.4) is 0 Å². The number of hydrogen-bond acceptors (Lipinski definition) is 0. The number of fused-ring (bicyclic) bond motifs is 7. The van der Waals surface area contributed by atoms with Crippen molar-refractivity contribution in [3.8, 4) is 0 Å². The first kappa shape index (κ1) is 18.5. The monoisotopic (exact) mass is 568 g/mol. The van der Waals surface area contributed by atoms with E-state index in [0.717, 1.165) is 50.8 Å². The Bertz CT molecular complexity index is 480. The van der Waals surface area contributed by atoms with Gasteiger partial charge in [-0.15, -0.1) is 0 Å². The Labute approximate surface area is 177 Å². The fourth-order valence-electron chi connectivity index (χ4n) is 9.20. The van der Waals surface area contributed by atoms with Crippen molar-refractivity contribution in [2.75, 3.05) is 13.8 Å². The van der Waals surface area contributed by atoms with E-state index >= 15 is 0 Å². The number of halogens is 2. The molecule has 1 aliphatic heterocycles. The zero-order valence-corrected chi connectivity index (χ0v) is 20.7. The second-order valence-corrected chi connectivity index (χ2v) is 18.0. The Morgan fingerprint density at radius 3 is 1.88 bits per heavy atom. The van der Waals surface area contributed by atoms with Gasteiger partial charge in [0.15, 0.2) is 0 Å². The van der Waals surface area contributed by atoms with E-state index in [2.05, 4.69) is 34.4 Å². The Hall–Kier alpha value is 1.46. The summed E-state index contributed by atoms with van der Waals surface area (Å²) in [5.74, 6) is 7.79.